The van der Waals surface area contributed by atoms with Crippen LogP contribution in [0.1, 0.15) is 39.0 Å². The van der Waals surface area contributed by atoms with Gasteiger partial charge in [-0.15, -0.1) is 0 Å². The van der Waals surface area contributed by atoms with E-state index >= 15 is 0 Å². The van der Waals surface area contributed by atoms with E-state index in [1.807, 2.05) is 0 Å². The molecule has 2 aliphatic carbocycles. The molecule has 2 fully saturated rings. The third-order valence-corrected chi connectivity index (χ3v) is 5.07. The van der Waals surface area contributed by atoms with Gasteiger partial charge in [-0.05, 0) is 43.1 Å². The van der Waals surface area contributed by atoms with Gasteiger partial charge in [0.1, 0.15) is 0 Å². The molecule has 3 aliphatic rings. The Morgan fingerprint density at radius 2 is 1.69 bits per heavy atom. The van der Waals surface area contributed by atoms with Crippen LogP contribution in [-0.4, -0.2) is 24.5 Å². The predicted molar refractivity (Wildman–Crippen MR) is 68.3 cm³/mol. The largest absolute Gasteiger partial charge is 0.303 e. The Morgan fingerprint density at radius 1 is 1.00 bits per heavy atom. The van der Waals surface area contributed by atoms with Crippen LogP contribution in [-0.2, 0) is 0 Å². The van der Waals surface area contributed by atoms with Crippen LogP contribution < -0.4 is 0 Å². The van der Waals surface area contributed by atoms with Crippen molar-refractivity contribution in [2.45, 2.75) is 39.0 Å². The molecule has 1 saturated carbocycles. The first-order valence-corrected chi connectivity index (χ1v) is 7.29. The summed E-state index contributed by atoms with van der Waals surface area (Å²) in [5, 5.41) is 0. The van der Waals surface area contributed by atoms with Gasteiger partial charge in [0.25, 0.3) is 0 Å². The van der Waals surface area contributed by atoms with Crippen molar-refractivity contribution in [2.75, 3.05) is 19.6 Å². The Hall–Kier alpha value is -0.300. The molecule has 0 amide bonds. The Bertz CT molecular complexity index is 251. The van der Waals surface area contributed by atoms with Gasteiger partial charge in [0, 0.05) is 13.1 Å². The molecule has 1 aliphatic heterocycles. The number of hydrogen-bond donors (Lipinski definition) is 0. The highest BCUT2D eigenvalue weighted by atomic mass is 15.2. The summed E-state index contributed by atoms with van der Waals surface area (Å²) >= 11 is 0. The molecule has 0 spiro atoms. The van der Waals surface area contributed by atoms with E-state index in [4.69, 9.17) is 0 Å². The van der Waals surface area contributed by atoms with E-state index in [2.05, 4.69) is 24.0 Å². The maximum absolute atomic E-state index is 2.75. The molecule has 3 rings (SSSR count). The standard InChI is InChI=1S/C15H25N/c1-2-3-4-5-8-16-10-14-12-6-7-13(9-12)15(14)11-16/h6-7,12-15H,2-5,8-11H2,1H3/t12-,13+,14-,15-/m0/s1. The van der Waals surface area contributed by atoms with Gasteiger partial charge in [0.05, 0.1) is 0 Å². The number of unbranched alkanes of at least 4 members (excludes halogenated alkanes) is 3. The molecule has 0 N–H and O–H groups in total. The normalized spacial score (nSPS) is 40.8. The molecule has 4 atom stereocenters. The van der Waals surface area contributed by atoms with Gasteiger partial charge in [-0.2, -0.15) is 0 Å². The number of likely N-dealkylation sites (tertiary alicyclic amines) is 1. The van der Waals surface area contributed by atoms with Crippen LogP contribution in [0.3, 0.4) is 0 Å². The Labute approximate surface area is 99.9 Å². The molecule has 0 aromatic rings. The van der Waals surface area contributed by atoms with Crippen LogP contribution in [0.4, 0.5) is 0 Å². The fourth-order valence-corrected chi connectivity index (χ4v) is 4.18. The van der Waals surface area contributed by atoms with Crippen molar-refractivity contribution in [3.05, 3.63) is 12.2 Å². The summed E-state index contributed by atoms with van der Waals surface area (Å²) in [6, 6.07) is 0. The molecule has 1 heterocycles. The van der Waals surface area contributed by atoms with E-state index in [-0.39, 0.29) is 0 Å². The van der Waals surface area contributed by atoms with Gasteiger partial charge in [0.15, 0.2) is 0 Å². The van der Waals surface area contributed by atoms with E-state index in [1.54, 1.807) is 0 Å². The van der Waals surface area contributed by atoms with Crippen LogP contribution in [0.2, 0.25) is 0 Å². The SMILES string of the molecule is CCCCCCN1C[C@@H]2[C@@H](C1)[C@H]1C=C[C@@H]2C1. The molecule has 90 valence electrons. The van der Waals surface area contributed by atoms with Crippen LogP contribution in [0.25, 0.3) is 0 Å². The smallest absolute Gasteiger partial charge is 0.00188 e. The van der Waals surface area contributed by atoms with Crippen molar-refractivity contribution in [2.24, 2.45) is 23.7 Å². The zero-order valence-electron chi connectivity index (χ0n) is 10.6. The quantitative estimate of drug-likeness (QED) is 0.506. The van der Waals surface area contributed by atoms with Crippen LogP contribution in [0.5, 0.6) is 0 Å². The second-order valence-corrected chi connectivity index (χ2v) is 6.10. The molecule has 0 unspecified atom stereocenters. The van der Waals surface area contributed by atoms with Gasteiger partial charge < -0.3 is 4.90 Å². The number of hydrogen-bond acceptors (Lipinski definition) is 1. The third kappa shape index (κ3) is 1.84. The molecule has 1 heteroatoms. The zero-order chi connectivity index (χ0) is 11.0. The van der Waals surface area contributed by atoms with Crippen LogP contribution in [0.15, 0.2) is 12.2 Å². The van der Waals surface area contributed by atoms with E-state index in [9.17, 15) is 0 Å². The minimum atomic E-state index is 0.954. The highest BCUT2D eigenvalue weighted by Gasteiger charge is 2.48. The fraction of sp³-hybridized carbons (Fsp3) is 0.867. The first-order chi connectivity index (χ1) is 7.88. The van der Waals surface area contributed by atoms with Gasteiger partial charge in [-0.1, -0.05) is 38.3 Å². The summed E-state index contributed by atoms with van der Waals surface area (Å²) in [6.07, 6.45) is 12.1. The fourth-order valence-electron chi connectivity index (χ4n) is 4.18. The van der Waals surface area contributed by atoms with E-state index in [0.29, 0.717) is 0 Å². The lowest BCUT2D eigenvalue weighted by molar-refractivity contribution is 0.291. The average molecular weight is 219 g/mol. The molecule has 0 radical (unpaired) electrons. The minimum Gasteiger partial charge on any atom is -0.303 e. The highest BCUT2D eigenvalue weighted by molar-refractivity contribution is 5.16. The van der Waals surface area contributed by atoms with Crippen molar-refractivity contribution >= 4 is 0 Å². The van der Waals surface area contributed by atoms with Gasteiger partial charge in [-0.25, -0.2) is 0 Å². The molecule has 0 aromatic carbocycles. The molecule has 2 bridgehead atoms. The maximum atomic E-state index is 2.75. The summed E-state index contributed by atoms with van der Waals surface area (Å²) in [5.74, 6) is 3.97. The average Bonchev–Trinajstić information content (AvgIpc) is 2.95. The van der Waals surface area contributed by atoms with Crippen molar-refractivity contribution in [3.63, 3.8) is 0 Å². The second-order valence-electron chi connectivity index (χ2n) is 6.10. The second kappa shape index (κ2) is 4.52. The predicted octanol–water partition coefficient (Wildman–Crippen LogP) is 3.32. The Kier molecular flexibility index (Phi) is 3.06. The molecule has 16 heavy (non-hydrogen) atoms. The molecule has 1 saturated heterocycles. The Morgan fingerprint density at radius 3 is 2.31 bits per heavy atom. The lowest BCUT2D eigenvalue weighted by Gasteiger charge is -2.17. The summed E-state index contributed by atoms with van der Waals surface area (Å²) < 4.78 is 0. The van der Waals surface area contributed by atoms with Gasteiger partial charge in [-0.3, -0.25) is 0 Å². The maximum Gasteiger partial charge on any atom is 0.00188 e. The topological polar surface area (TPSA) is 3.24 Å². The van der Waals surface area contributed by atoms with Crippen molar-refractivity contribution in [1.82, 2.24) is 4.90 Å². The molecular weight excluding hydrogens is 194 g/mol. The van der Waals surface area contributed by atoms with Crippen LogP contribution in [0, 0.1) is 23.7 Å². The molecule has 0 aromatic heterocycles. The minimum absolute atomic E-state index is 0.954. The summed E-state index contributed by atoms with van der Waals surface area (Å²) in [7, 11) is 0. The van der Waals surface area contributed by atoms with E-state index < -0.39 is 0 Å². The number of allylic oxidation sites excluding steroid dienone is 2. The monoisotopic (exact) mass is 219 g/mol. The van der Waals surface area contributed by atoms with Gasteiger partial charge in [0.2, 0.25) is 0 Å². The van der Waals surface area contributed by atoms with E-state index in [1.165, 1.54) is 51.7 Å². The number of rotatable bonds is 5. The van der Waals surface area contributed by atoms with Gasteiger partial charge >= 0.3 is 0 Å². The lowest BCUT2D eigenvalue weighted by Crippen LogP contribution is -2.24. The highest BCUT2D eigenvalue weighted by Crippen LogP contribution is 2.51. The van der Waals surface area contributed by atoms with Crippen LogP contribution >= 0.6 is 0 Å². The first kappa shape index (κ1) is 10.8. The molecular formula is C15H25N. The summed E-state index contributed by atoms with van der Waals surface area (Å²) in [4.78, 5) is 2.75. The lowest BCUT2D eigenvalue weighted by atomic mass is 9.86. The van der Waals surface area contributed by atoms with Crippen molar-refractivity contribution < 1.29 is 0 Å². The number of fused-ring (bicyclic) bond motifs is 5. The van der Waals surface area contributed by atoms with E-state index in [0.717, 1.165) is 23.7 Å². The first-order valence-electron chi connectivity index (χ1n) is 7.29. The summed E-state index contributed by atoms with van der Waals surface area (Å²) in [6.45, 7) is 6.47. The van der Waals surface area contributed by atoms with Crippen molar-refractivity contribution in [1.29, 1.82) is 0 Å². The number of nitrogens with zero attached hydrogens (tertiary/aromatic N) is 1. The zero-order valence-corrected chi connectivity index (χ0v) is 10.6. The molecule has 1 nitrogen and oxygen atoms in total. The third-order valence-electron chi connectivity index (χ3n) is 5.07. The Balaban J connectivity index is 1.45. The summed E-state index contributed by atoms with van der Waals surface area (Å²) in [5.41, 5.74) is 0. The van der Waals surface area contributed by atoms with Crippen molar-refractivity contribution in [3.8, 4) is 0 Å².